The van der Waals surface area contributed by atoms with Gasteiger partial charge in [-0.2, -0.15) is 0 Å². The highest BCUT2D eigenvalue weighted by atomic mass is 16.5. The minimum Gasteiger partial charge on any atom is -0.496 e. The van der Waals surface area contributed by atoms with Crippen LogP contribution in [0.2, 0.25) is 0 Å². The number of nitrogens with one attached hydrogen (secondary N) is 2. The topological polar surface area (TPSA) is 110 Å². The van der Waals surface area contributed by atoms with E-state index in [1.54, 1.807) is 36.3 Å². The van der Waals surface area contributed by atoms with Crippen molar-refractivity contribution < 1.29 is 28.6 Å². The summed E-state index contributed by atoms with van der Waals surface area (Å²) in [6.45, 7) is 1.91. The zero-order valence-corrected chi connectivity index (χ0v) is 22.8. The molecule has 1 unspecified atom stereocenters. The Morgan fingerprint density at radius 2 is 1.65 bits per heavy atom. The molecule has 2 N–H and O–H groups in total. The minimum absolute atomic E-state index is 0.119. The minimum atomic E-state index is -0.451. The van der Waals surface area contributed by atoms with Gasteiger partial charge in [-0.25, -0.2) is 4.79 Å². The molecule has 0 saturated carbocycles. The second-order valence-electron chi connectivity index (χ2n) is 9.34. The van der Waals surface area contributed by atoms with E-state index in [1.165, 1.54) is 14.0 Å². The van der Waals surface area contributed by atoms with E-state index in [0.717, 1.165) is 22.0 Å². The number of carbonyl (C=O) groups excluding carboxylic acids is 3. The van der Waals surface area contributed by atoms with Gasteiger partial charge in [-0.1, -0.05) is 36.4 Å². The molecule has 0 aliphatic carbocycles. The van der Waals surface area contributed by atoms with Gasteiger partial charge in [0, 0.05) is 42.7 Å². The first kappa shape index (κ1) is 28.2. The van der Waals surface area contributed by atoms with Crippen molar-refractivity contribution in [3.8, 4) is 11.5 Å². The van der Waals surface area contributed by atoms with Crippen molar-refractivity contribution in [2.24, 2.45) is 0 Å². The fourth-order valence-corrected chi connectivity index (χ4v) is 4.56. The predicted molar refractivity (Wildman–Crippen MR) is 151 cm³/mol. The van der Waals surface area contributed by atoms with E-state index in [2.05, 4.69) is 10.3 Å². The number of amides is 2. The van der Waals surface area contributed by atoms with Crippen molar-refractivity contribution in [3.05, 3.63) is 95.7 Å². The van der Waals surface area contributed by atoms with Crippen molar-refractivity contribution in [1.82, 2.24) is 15.2 Å². The van der Waals surface area contributed by atoms with Gasteiger partial charge in [-0.15, -0.1) is 0 Å². The molecule has 40 heavy (non-hydrogen) atoms. The second-order valence-corrected chi connectivity index (χ2v) is 9.34. The molecule has 4 aromatic rings. The monoisotopic (exact) mass is 543 g/mol. The number of esters is 1. The quantitative estimate of drug-likeness (QED) is 0.260. The Labute approximate surface area is 233 Å². The molecule has 1 atom stereocenters. The summed E-state index contributed by atoms with van der Waals surface area (Å²) in [6, 6.07) is 21.5. The van der Waals surface area contributed by atoms with Gasteiger partial charge in [-0.05, 0) is 48.4 Å². The molecule has 1 aromatic heterocycles. The Morgan fingerprint density at radius 3 is 2.38 bits per heavy atom. The van der Waals surface area contributed by atoms with Crippen LogP contribution < -0.4 is 14.8 Å². The molecule has 0 radical (unpaired) electrons. The standard InChI is InChI=1S/C31H33N3O6/c1-21(35)34(18-23-8-4-7-11-29(23)38-2)19-25(16-24-17-32-28-10-6-5-9-27(24)28)33-30(36)20-40-26-14-12-22(13-15-26)31(37)39-3/h4-15,17,25,32H,16,18-20H2,1-3H3,(H,33,36). The van der Waals surface area contributed by atoms with Gasteiger partial charge >= 0.3 is 5.97 Å². The first-order valence-corrected chi connectivity index (χ1v) is 12.9. The SMILES string of the molecule is COC(=O)c1ccc(OCC(=O)NC(Cc2c[nH]c3ccccc23)CN(Cc2ccccc2OC)C(C)=O)cc1. The fraction of sp³-hybridized carbons (Fsp3) is 0.258. The van der Waals surface area contributed by atoms with Gasteiger partial charge in [0.25, 0.3) is 5.91 Å². The van der Waals surface area contributed by atoms with Gasteiger partial charge in [0.1, 0.15) is 11.5 Å². The maximum absolute atomic E-state index is 13.0. The summed E-state index contributed by atoms with van der Waals surface area (Å²) >= 11 is 0. The van der Waals surface area contributed by atoms with Crippen LogP contribution in [0.4, 0.5) is 0 Å². The highest BCUT2D eigenvalue weighted by Crippen LogP contribution is 2.22. The van der Waals surface area contributed by atoms with Gasteiger partial charge in [0.2, 0.25) is 5.91 Å². The summed E-state index contributed by atoms with van der Waals surface area (Å²) in [5.41, 5.74) is 3.29. The number of nitrogens with zero attached hydrogens (tertiary/aromatic N) is 1. The van der Waals surface area contributed by atoms with E-state index in [1.807, 2.05) is 54.7 Å². The van der Waals surface area contributed by atoms with Crippen molar-refractivity contribution in [2.45, 2.75) is 25.9 Å². The van der Waals surface area contributed by atoms with E-state index in [9.17, 15) is 14.4 Å². The van der Waals surface area contributed by atoms with Crippen LogP contribution in [0.1, 0.15) is 28.4 Å². The average Bonchev–Trinajstić information content (AvgIpc) is 3.38. The number of aromatic amines is 1. The lowest BCUT2D eigenvalue weighted by molar-refractivity contribution is -0.131. The van der Waals surface area contributed by atoms with Crippen LogP contribution in [0.5, 0.6) is 11.5 Å². The third-order valence-corrected chi connectivity index (χ3v) is 6.59. The van der Waals surface area contributed by atoms with Crippen molar-refractivity contribution in [1.29, 1.82) is 0 Å². The first-order chi connectivity index (χ1) is 19.4. The van der Waals surface area contributed by atoms with Gasteiger partial charge in [0.15, 0.2) is 6.61 Å². The molecule has 0 fully saturated rings. The molecule has 1 heterocycles. The number of methoxy groups -OCH3 is 2. The Balaban J connectivity index is 1.49. The van der Waals surface area contributed by atoms with Crippen LogP contribution in [0, 0.1) is 0 Å². The molecule has 9 heteroatoms. The fourth-order valence-electron chi connectivity index (χ4n) is 4.56. The van der Waals surface area contributed by atoms with Gasteiger partial charge in [0.05, 0.1) is 25.8 Å². The third kappa shape index (κ3) is 7.19. The highest BCUT2D eigenvalue weighted by molar-refractivity contribution is 5.89. The van der Waals surface area contributed by atoms with Crippen molar-refractivity contribution in [2.75, 3.05) is 27.4 Å². The summed E-state index contributed by atoms with van der Waals surface area (Å²) in [4.78, 5) is 42.3. The molecule has 0 aliphatic rings. The molecule has 208 valence electrons. The lowest BCUT2D eigenvalue weighted by atomic mass is 10.0. The molecule has 4 rings (SSSR count). The van der Waals surface area contributed by atoms with Gasteiger partial charge in [-0.3, -0.25) is 9.59 Å². The number of fused-ring (bicyclic) bond motifs is 1. The third-order valence-electron chi connectivity index (χ3n) is 6.59. The van der Waals surface area contributed by atoms with Crippen molar-refractivity contribution in [3.63, 3.8) is 0 Å². The number of benzene rings is 3. The number of carbonyl (C=O) groups is 3. The number of H-pyrrole nitrogens is 1. The zero-order chi connectivity index (χ0) is 28.5. The summed E-state index contributed by atoms with van der Waals surface area (Å²) in [6.07, 6.45) is 2.43. The molecule has 0 saturated heterocycles. The zero-order valence-electron chi connectivity index (χ0n) is 22.8. The lowest BCUT2D eigenvalue weighted by Crippen LogP contribution is -2.47. The predicted octanol–water partition coefficient (Wildman–Crippen LogP) is 4.12. The maximum atomic E-state index is 13.0. The van der Waals surface area contributed by atoms with E-state index < -0.39 is 12.0 Å². The van der Waals surface area contributed by atoms with Crippen molar-refractivity contribution >= 4 is 28.7 Å². The number of hydrogen-bond acceptors (Lipinski definition) is 6. The number of rotatable bonds is 12. The van der Waals surface area contributed by atoms with Crippen LogP contribution in [-0.4, -0.2) is 61.1 Å². The number of hydrogen-bond donors (Lipinski definition) is 2. The highest BCUT2D eigenvalue weighted by Gasteiger charge is 2.22. The van der Waals surface area contributed by atoms with Crippen LogP contribution in [0.3, 0.4) is 0 Å². The molecule has 0 aliphatic heterocycles. The first-order valence-electron chi connectivity index (χ1n) is 12.9. The Kier molecular flexibility index (Phi) is 9.40. The van der Waals surface area contributed by atoms with E-state index in [0.29, 0.717) is 30.0 Å². The molecule has 2 amide bonds. The Morgan fingerprint density at radius 1 is 0.925 bits per heavy atom. The molecular weight excluding hydrogens is 510 g/mol. The summed E-state index contributed by atoms with van der Waals surface area (Å²) in [7, 11) is 2.91. The van der Waals surface area contributed by atoms with Crippen LogP contribution in [-0.2, 0) is 27.3 Å². The van der Waals surface area contributed by atoms with Gasteiger partial charge < -0.3 is 29.4 Å². The van der Waals surface area contributed by atoms with Crippen LogP contribution in [0.15, 0.2) is 79.0 Å². The summed E-state index contributed by atoms with van der Waals surface area (Å²) in [5.74, 6) is 0.233. The summed E-state index contributed by atoms with van der Waals surface area (Å²) in [5, 5.41) is 4.11. The smallest absolute Gasteiger partial charge is 0.337 e. The normalized spacial score (nSPS) is 11.5. The molecular formula is C31H33N3O6. The number of aromatic nitrogens is 1. The lowest BCUT2D eigenvalue weighted by Gasteiger charge is -2.28. The molecule has 0 spiro atoms. The second kappa shape index (κ2) is 13.3. The Hall–Kier alpha value is -4.79. The van der Waals surface area contributed by atoms with E-state index >= 15 is 0 Å². The van der Waals surface area contributed by atoms with E-state index in [4.69, 9.17) is 14.2 Å². The number of ether oxygens (including phenoxy) is 3. The maximum Gasteiger partial charge on any atom is 0.337 e. The van der Waals surface area contributed by atoms with Crippen LogP contribution in [0.25, 0.3) is 10.9 Å². The molecule has 3 aromatic carbocycles. The van der Waals surface area contributed by atoms with Crippen LogP contribution >= 0.6 is 0 Å². The molecule has 9 nitrogen and oxygen atoms in total. The summed E-state index contributed by atoms with van der Waals surface area (Å²) < 4.78 is 15.8. The van der Waals surface area contributed by atoms with E-state index in [-0.39, 0.29) is 25.0 Å². The molecule has 0 bridgehead atoms. The number of para-hydroxylation sites is 2. The largest absolute Gasteiger partial charge is 0.496 e. The Bertz CT molecular complexity index is 1460. The average molecular weight is 544 g/mol.